The highest BCUT2D eigenvalue weighted by Crippen LogP contribution is 2.19. The van der Waals surface area contributed by atoms with Crippen LogP contribution in [-0.4, -0.2) is 12.0 Å². The number of hydrogen-bond donors (Lipinski definition) is 2. The molecule has 0 saturated carbocycles. The summed E-state index contributed by atoms with van der Waals surface area (Å²) in [5, 5.41) is 0. The predicted molar refractivity (Wildman–Crippen MR) is 65.8 cm³/mol. The minimum Gasteiger partial charge on any atom is -0.481 e. The van der Waals surface area contributed by atoms with Crippen molar-refractivity contribution in [3.05, 3.63) is 28.7 Å². The van der Waals surface area contributed by atoms with Crippen molar-refractivity contribution in [1.82, 2.24) is 5.43 Å². The number of rotatable bonds is 5. The summed E-state index contributed by atoms with van der Waals surface area (Å²) in [6.07, 6.45) is 0.950. The molecule has 5 heteroatoms. The van der Waals surface area contributed by atoms with Crippen LogP contribution >= 0.6 is 15.9 Å². The van der Waals surface area contributed by atoms with Crippen LogP contribution in [0.1, 0.15) is 19.8 Å². The zero-order valence-corrected chi connectivity index (χ0v) is 10.7. The van der Waals surface area contributed by atoms with E-state index in [4.69, 9.17) is 10.6 Å². The molecule has 88 valence electrons. The number of benzene rings is 1. The lowest BCUT2D eigenvalue weighted by molar-refractivity contribution is -0.128. The lowest BCUT2D eigenvalue weighted by Gasteiger charge is -2.16. The summed E-state index contributed by atoms with van der Waals surface area (Å²) in [5.41, 5.74) is 2.11. The molecule has 0 aromatic heterocycles. The Kier molecular flexibility index (Phi) is 5.28. The van der Waals surface area contributed by atoms with Crippen LogP contribution in [0.5, 0.6) is 5.75 Å². The fraction of sp³-hybridized carbons (Fsp3) is 0.364. The van der Waals surface area contributed by atoms with E-state index in [1.165, 1.54) is 0 Å². The average molecular weight is 287 g/mol. The van der Waals surface area contributed by atoms with Crippen LogP contribution in [0, 0.1) is 0 Å². The Labute approximate surface area is 103 Å². The molecule has 1 aromatic carbocycles. The molecule has 1 unspecified atom stereocenters. The summed E-state index contributed by atoms with van der Waals surface area (Å²) in [6.45, 7) is 1.99. The molecule has 0 fully saturated rings. The molecule has 0 spiro atoms. The molecule has 1 rings (SSSR count). The number of halogens is 1. The summed E-state index contributed by atoms with van der Waals surface area (Å²) >= 11 is 3.34. The van der Waals surface area contributed by atoms with Crippen molar-refractivity contribution < 1.29 is 9.53 Å². The van der Waals surface area contributed by atoms with Crippen molar-refractivity contribution in [3.63, 3.8) is 0 Å². The van der Waals surface area contributed by atoms with E-state index in [1.807, 2.05) is 25.1 Å². The molecule has 3 N–H and O–H groups in total. The van der Waals surface area contributed by atoms with Crippen LogP contribution in [0.3, 0.4) is 0 Å². The Morgan fingerprint density at radius 3 is 2.94 bits per heavy atom. The van der Waals surface area contributed by atoms with Gasteiger partial charge in [0.1, 0.15) is 5.75 Å². The van der Waals surface area contributed by atoms with E-state index in [0.717, 1.165) is 10.9 Å². The Bertz CT molecular complexity index is 358. The largest absolute Gasteiger partial charge is 0.481 e. The smallest absolute Gasteiger partial charge is 0.274 e. The van der Waals surface area contributed by atoms with Crippen LogP contribution in [-0.2, 0) is 4.79 Å². The third-order valence-electron chi connectivity index (χ3n) is 2.06. The van der Waals surface area contributed by atoms with E-state index in [0.29, 0.717) is 12.2 Å². The lowest BCUT2D eigenvalue weighted by Crippen LogP contribution is -2.42. The second-order valence-corrected chi connectivity index (χ2v) is 4.28. The Morgan fingerprint density at radius 2 is 2.38 bits per heavy atom. The van der Waals surface area contributed by atoms with E-state index >= 15 is 0 Å². The molecule has 0 aliphatic carbocycles. The molecular formula is C11H15BrN2O2. The number of hydrogen-bond acceptors (Lipinski definition) is 3. The number of nitrogens with two attached hydrogens (primary N) is 1. The van der Waals surface area contributed by atoms with Crippen molar-refractivity contribution in [3.8, 4) is 5.75 Å². The fourth-order valence-electron chi connectivity index (χ4n) is 1.30. The van der Waals surface area contributed by atoms with Gasteiger partial charge in [0.25, 0.3) is 5.91 Å². The van der Waals surface area contributed by atoms with Gasteiger partial charge in [-0.05, 0) is 24.6 Å². The quantitative estimate of drug-likeness (QED) is 0.494. The van der Waals surface area contributed by atoms with Gasteiger partial charge >= 0.3 is 0 Å². The van der Waals surface area contributed by atoms with Gasteiger partial charge in [-0.15, -0.1) is 0 Å². The monoisotopic (exact) mass is 286 g/mol. The second-order valence-electron chi connectivity index (χ2n) is 3.36. The van der Waals surface area contributed by atoms with Crippen molar-refractivity contribution >= 4 is 21.8 Å². The van der Waals surface area contributed by atoms with Crippen molar-refractivity contribution in [2.24, 2.45) is 5.84 Å². The number of nitrogens with one attached hydrogen (secondary N) is 1. The van der Waals surface area contributed by atoms with Crippen LogP contribution in [0.2, 0.25) is 0 Å². The first-order valence-electron chi connectivity index (χ1n) is 5.10. The normalized spacial score (nSPS) is 11.9. The van der Waals surface area contributed by atoms with Crippen molar-refractivity contribution in [2.75, 3.05) is 0 Å². The van der Waals surface area contributed by atoms with E-state index in [-0.39, 0.29) is 5.91 Å². The number of amides is 1. The summed E-state index contributed by atoms with van der Waals surface area (Å²) in [5.74, 6) is 5.44. The average Bonchev–Trinajstić information content (AvgIpc) is 2.27. The molecule has 4 nitrogen and oxygen atoms in total. The highest BCUT2D eigenvalue weighted by Gasteiger charge is 2.18. The molecule has 0 aliphatic heterocycles. The Hall–Kier alpha value is -1.07. The van der Waals surface area contributed by atoms with Crippen LogP contribution < -0.4 is 16.0 Å². The highest BCUT2D eigenvalue weighted by molar-refractivity contribution is 9.10. The lowest BCUT2D eigenvalue weighted by atomic mass is 10.2. The van der Waals surface area contributed by atoms with Gasteiger partial charge in [0.15, 0.2) is 6.10 Å². The van der Waals surface area contributed by atoms with Gasteiger partial charge in [0.2, 0.25) is 0 Å². The zero-order valence-electron chi connectivity index (χ0n) is 9.07. The molecular weight excluding hydrogens is 272 g/mol. The predicted octanol–water partition coefficient (Wildman–Crippen LogP) is 1.99. The third-order valence-corrected chi connectivity index (χ3v) is 2.55. The first-order valence-corrected chi connectivity index (χ1v) is 5.89. The van der Waals surface area contributed by atoms with E-state index < -0.39 is 6.10 Å². The van der Waals surface area contributed by atoms with Gasteiger partial charge in [-0.25, -0.2) is 5.84 Å². The van der Waals surface area contributed by atoms with Crippen LogP contribution in [0.15, 0.2) is 28.7 Å². The van der Waals surface area contributed by atoms with E-state index in [2.05, 4.69) is 21.4 Å². The summed E-state index contributed by atoms with van der Waals surface area (Å²) in [7, 11) is 0. The standard InChI is InChI=1S/C11H15BrN2O2/c1-2-4-10(11(15)14-13)16-9-6-3-5-8(12)7-9/h3,5-7,10H,2,4,13H2,1H3,(H,14,15). The molecule has 1 aromatic rings. The number of carbonyl (C=O) groups excluding carboxylic acids is 1. The molecule has 1 amide bonds. The molecule has 16 heavy (non-hydrogen) atoms. The first-order chi connectivity index (χ1) is 7.67. The summed E-state index contributed by atoms with van der Waals surface area (Å²) in [4.78, 5) is 11.4. The van der Waals surface area contributed by atoms with Gasteiger partial charge in [0, 0.05) is 4.47 Å². The zero-order chi connectivity index (χ0) is 12.0. The van der Waals surface area contributed by atoms with Gasteiger partial charge in [-0.2, -0.15) is 0 Å². The molecule has 0 aliphatic rings. The van der Waals surface area contributed by atoms with Crippen LogP contribution in [0.25, 0.3) is 0 Å². The SMILES string of the molecule is CCCC(Oc1cccc(Br)c1)C(=O)NN. The number of hydrazine groups is 1. The fourth-order valence-corrected chi connectivity index (χ4v) is 1.68. The minimum atomic E-state index is -0.538. The highest BCUT2D eigenvalue weighted by atomic mass is 79.9. The maximum absolute atomic E-state index is 11.4. The molecule has 0 heterocycles. The molecule has 0 radical (unpaired) electrons. The summed E-state index contributed by atoms with van der Waals surface area (Å²) in [6, 6.07) is 7.36. The molecule has 1 atom stereocenters. The Morgan fingerprint density at radius 1 is 1.62 bits per heavy atom. The van der Waals surface area contributed by atoms with E-state index in [9.17, 15) is 4.79 Å². The maximum Gasteiger partial charge on any atom is 0.274 e. The third kappa shape index (κ3) is 3.83. The van der Waals surface area contributed by atoms with Crippen molar-refractivity contribution in [2.45, 2.75) is 25.9 Å². The second kappa shape index (κ2) is 6.50. The maximum atomic E-state index is 11.4. The number of ether oxygens (including phenoxy) is 1. The molecule has 0 bridgehead atoms. The van der Waals surface area contributed by atoms with Gasteiger partial charge in [-0.1, -0.05) is 35.3 Å². The first kappa shape index (κ1) is 13.0. The number of carbonyl (C=O) groups is 1. The summed E-state index contributed by atoms with van der Waals surface area (Å²) < 4.78 is 6.48. The van der Waals surface area contributed by atoms with Crippen molar-refractivity contribution in [1.29, 1.82) is 0 Å². The topological polar surface area (TPSA) is 64.3 Å². The van der Waals surface area contributed by atoms with Gasteiger partial charge < -0.3 is 4.74 Å². The van der Waals surface area contributed by atoms with Gasteiger partial charge in [-0.3, -0.25) is 10.2 Å². The minimum absolute atomic E-state index is 0.304. The van der Waals surface area contributed by atoms with E-state index in [1.54, 1.807) is 6.07 Å². The molecule has 0 saturated heterocycles. The Balaban J connectivity index is 2.71. The van der Waals surface area contributed by atoms with Crippen LogP contribution in [0.4, 0.5) is 0 Å². The van der Waals surface area contributed by atoms with Gasteiger partial charge in [0.05, 0.1) is 0 Å².